The molecular weight excluding hydrogens is 451 g/mol. The lowest BCUT2D eigenvalue weighted by Crippen LogP contribution is -2.36. The van der Waals surface area contributed by atoms with Gasteiger partial charge in [0.15, 0.2) is 0 Å². The van der Waals surface area contributed by atoms with Crippen LogP contribution in [0.5, 0.6) is 0 Å². The van der Waals surface area contributed by atoms with Gasteiger partial charge < -0.3 is 10.6 Å². The standard InChI is InChI=1S/C27H28Cl2N4/c1-2-30-22-13-17-5-3-4-6-19(17)25(22)33-27-24(16-9-10-16)31-26(23(32-27)15-7-8-15)20-12-11-18(28)14-21(20)29/h3-6,11-12,14-16,22,25,30H,2,7-10,13H2,1H3,(H,32,33)/t22-,25-/m1/s1. The first kappa shape index (κ1) is 21.4. The molecule has 0 amide bonds. The van der Waals surface area contributed by atoms with Gasteiger partial charge in [-0.05, 0) is 68.0 Å². The number of benzene rings is 2. The van der Waals surface area contributed by atoms with Crippen LogP contribution in [-0.4, -0.2) is 22.6 Å². The fourth-order valence-electron chi connectivity index (χ4n) is 5.10. The largest absolute Gasteiger partial charge is 0.360 e. The zero-order valence-electron chi connectivity index (χ0n) is 18.7. The first-order valence-electron chi connectivity index (χ1n) is 12.1. The molecule has 170 valence electrons. The molecule has 0 aliphatic heterocycles. The van der Waals surface area contributed by atoms with Crippen LogP contribution >= 0.6 is 23.2 Å². The Morgan fingerprint density at radius 3 is 2.42 bits per heavy atom. The Morgan fingerprint density at radius 1 is 0.939 bits per heavy atom. The Kier molecular flexibility index (Phi) is 5.56. The second kappa shape index (κ2) is 8.57. The van der Waals surface area contributed by atoms with Crippen molar-refractivity contribution in [3.05, 3.63) is 75.0 Å². The summed E-state index contributed by atoms with van der Waals surface area (Å²) in [7, 11) is 0. The topological polar surface area (TPSA) is 49.8 Å². The van der Waals surface area contributed by atoms with Crippen molar-refractivity contribution in [1.82, 2.24) is 15.3 Å². The van der Waals surface area contributed by atoms with E-state index in [0.29, 0.717) is 27.9 Å². The van der Waals surface area contributed by atoms with Crippen LogP contribution in [0.4, 0.5) is 5.82 Å². The SMILES string of the molecule is CCN[C@@H]1Cc2ccccc2[C@H]1Nc1nc(C2CC2)c(-c2ccc(Cl)cc2Cl)nc1C1CC1. The molecule has 3 aliphatic rings. The van der Waals surface area contributed by atoms with Gasteiger partial charge in [-0.3, -0.25) is 0 Å². The molecule has 2 saturated carbocycles. The van der Waals surface area contributed by atoms with Crippen LogP contribution in [0.25, 0.3) is 11.3 Å². The van der Waals surface area contributed by atoms with Crippen LogP contribution in [0.2, 0.25) is 10.0 Å². The summed E-state index contributed by atoms with van der Waals surface area (Å²) >= 11 is 12.8. The molecule has 1 aromatic heterocycles. The molecule has 0 spiro atoms. The lowest BCUT2D eigenvalue weighted by atomic mass is 10.0. The highest BCUT2D eigenvalue weighted by Crippen LogP contribution is 2.49. The quantitative estimate of drug-likeness (QED) is 0.387. The van der Waals surface area contributed by atoms with E-state index in [1.807, 2.05) is 12.1 Å². The van der Waals surface area contributed by atoms with Crippen molar-refractivity contribution >= 4 is 29.0 Å². The molecule has 3 aromatic rings. The molecule has 2 N–H and O–H groups in total. The Labute approximate surface area is 205 Å². The molecule has 6 heteroatoms. The van der Waals surface area contributed by atoms with Crippen molar-refractivity contribution in [3.8, 4) is 11.3 Å². The van der Waals surface area contributed by atoms with Crippen molar-refractivity contribution in [2.24, 2.45) is 0 Å². The lowest BCUT2D eigenvalue weighted by molar-refractivity contribution is 0.496. The molecule has 4 nitrogen and oxygen atoms in total. The number of rotatable bonds is 7. The fourth-order valence-corrected chi connectivity index (χ4v) is 5.60. The van der Waals surface area contributed by atoms with Crippen LogP contribution < -0.4 is 10.6 Å². The number of hydrogen-bond donors (Lipinski definition) is 2. The zero-order valence-corrected chi connectivity index (χ0v) is 20.3. The summed E-state index contributed by atoms with van der Waals surface area (Å²) in [6.07, 6.45) is 5.67. The molecule has 0 radical (unpaired) electrons. The molecule has 1 heterocycles. The molecule has 2 fully saturated rings. The number of anilines is 1. The van der Waals surface area contributed by atoms with Gasteiger partial charge in [-0.25, -0.2) is 9.97 Å². The summed E-state index contributed by atoms with van der Waals surface area (Å²) in [5.74, 6) is 1.87. The number of fused-ring (bicyclic) bond motifs is 1. The average molecular weight is 479 g/mol. The Morgan fingerprint density at radius 2 is 1.70 bits per heavy atom. The summed E-state index contributed by atoms with van der Waals surface area (Å²) in [5.41, 5.74) is 6.79. The van der Waals surface area contributed by atoms with Crippen molar-refractivity contribution in [3.63, 3.8) is 0 Å². The lowest BCUT2D eigenvalue weighted by Gasteiger charge is -2.25. The number of hydrogen-bond acceptors (Lipinski definition) is 4. The van der Waals surface area contributed by atoms with Crippen molar-refractivity contribution in [2.45, 2.75) is 62.9 Å². The van der Waals surface area contributed by atoms with Crippen LogP contribution in [0.1, 0.15) is 73.0 Å². The third-order valence-electron chi connectivity index (χ3n) is 7.05. The number of nitrogens with zero attached hydrogens (tertiary/aromatic N) is 2. The molecule has 3 aliphatic carbocycles. The predicted molar refractivity (Wildman–Crippen MR) is 135 cm³/mol. The van der Waals surface area contributed by atoms with E-state index in [1.54, 1.807) is 6.07 Å². The maximum absolute atomic E-state index is 6.62. The molecule has 0 saturated heterocycles. The van der Waals surface area contributed by atoms with E-state index in [0.717, 1.165) is 67.1 Å². The van der Waals surface area contributed by atoms with E-state index in [-0.39, 0.29) is 6.04 Å². The molecule has 0 unspecified atom stereocenters. The van der Waals surface area contributed by atoms with Crippen LogP contribution in [0.15, 0.2) is 42.5 Å². The van der Waals surface area contributed by atoms with E-state index in [4.69, 9.17) is 33.2 Å². The highest BCUT2D eigenvalue weighted by molar-refractivity contribution is 6.36. The molecule has 0 bridgehead atoms. The van der Waals surface area contributed by atoms with Gasteiger partial charge in [0.25, 0.3) is 0 Å². The maximum Gasteiger partial charge on any atom is 0.148 e. The van der Waals surface area contributed by atoms with Crippen molar-refractivity contribution < 1.29 is 0 Å². The van der Waals surface area contributed by atoms with Crippen molar-refractivity contribution in [1.29, 1.82) is 0 Å². The number of halogens is 2. The van der Waals surface area contributed by atoms with Crippen molar-refractivity contribution in [2.75, 3.05) is 11.9 Å². The summed E-state index contributed by atoms with van der Waals surface area (Å²) in [5, 5.41) is 8.82. The van der Waals surface area contributed by atoms with Gasteiger partial charge in [0.1, 0.15) is 5.82 Å². The summed E-state index contributed by atoms with van der Waals surface area (Å²) in [4.78, 5) is 10.5. The first-order valence-corrected chi connectivity index (χ1v) is 12.8. The minimum absolute atomic E-state index is 0.185. The number of aromatic nitrogens is 2. The van der Waals surface area contributed by atoms with Gasteiger partial charge in [0.2, 0.25) is 0 Å². The van der Waals surface area contributed by atoms with Crippen LogP contribution in [-0.2, 0) is 6.42 Å². The molecule has 2 atom stereocenters. The second-order valence-electron chi connectivity index (χ2n) is 9.55. The average Bonchev–Trinajstić information content (AvgIpc) is 3.72. The van der Waals surface area contributed by atoms with Gasteiger partial charge in [-0.15, -0.1) is 0 Å². The minimum Gasteiger partial charge on any atom is -0.360 e. The zero-order chi connectivity index (χ0) is 22.5. The highest BCUT2D eigenvalue weighted by Gasteiger charge is 2.37. The maximum atomic E-state index is 6.62. The van der Waals surface area contributed by atoms with E-state index in [1.165, 1.54) is 11.1 Å². The van der Waals surface area contributed by atoms with Crippen LogP contribution in [0.3, 0.4) is 0 Å². The molecule has 2 aromatic carbocycles. The third-order valence-corrected chi connectivity index (χ3v) is 7.60. The molecule has 33 heavy (non-hydrogen) atoms. The highest BCUT2D eigenvalue weighted by atomic mass is 35.5. The van der Waals surface area contributed by atoms with E-state index >= 15 is 0 Å². The van der Waals surface area contributed by atoms with Gasteiger partial charge >= 0.3 is 0 Å². The fraction of sp³-hybridized carbons (Fsp3) is 0.407. The smallest absolute Gasteiger partial charge is 0.148 e. The minimum atomic E-state index is 0.185. The predicted octanol–water partition coefficient (Wildman–Crippen LogP) is 6.89. The van der Waals surface area contributed by atoms with Crippen LogP contribution in [0, 0.1) is 0 Å². The van der Waals surface area contributed by atoms with E-state index < -0.39 is 0 Å². The normalized spacial score (nSPS) is 21.8. The van der Waals surface area contributed by atoms with Gasteiger partial charge in [-0.1, -0.05) is 54.4 Å². The summed E-state index contributed by atoms with van der Waals surface area (Å²) < 4.78 is 0. The molecule has 6 rings (SSSR count). The third kappa shape index (κ3) is 4.14. The monoisotopic (exact) mass is 478 g/mol. The number of nitrogens with one attached hydrogen (secondary N) is 2. The first-order chi connectivity index (χ1) is 16.1. The van der Waals surface area contributed by atoms with Gasteiger partial charge in [0, 0.05) is 28.5 Å². The van der Waals surface area contributed by atoms with E-state index in [9.17, 15) is 0 Å². The molecular formula is C27H28Cl2N4. The van der Waals surface area contributed by atoms with Gasteiger partial charge in [0.05, 0.1) is 28.1 Å². The number of likely N-dealkylation sites (N-methyl/N-ethyl adjacent to an activating group) is 1. The summed E-state index contributed by atoms with van der Waals surface area (Å²) in [6, 6.07) is 15.0. The Hall–Kier alpha value is -2.14. The Bertz CT molecular complexity index is 1200. The van der Waals surface area contributed by atoms with E-state index in [2.05, 4.69) is 41.8 Å². The van der Waals surface area contributed by atoms with Gasteiger partial charge in [-0.2, -0.15) is 0 Å². The Balaban J connectivity index is 1.44. The second-order valence-corrected chi connectivity index (χ2v) is 10.4. The summed E-state index contributed by atoms with van der Waals surface area (Å²) in [6.45, 7) is 3.12.